The number of carbonyl (C=O) groups is 1. The maximum absolute atomic E-state index is 13.9. The van der Waals surface area contributed by atoms with Crippen LogP contribution in [0.3, 0.4) is 0 Å². The van der Waals surface area contributed by atoms with Crippen molar-refractivity contribution >= 4 is 17.4 Å². The summed E-state index contributed by atoms with van der Waals surface area (Å²) in [6, 6.07) is 7.05. The van der Waals surface area contributed by atoms with Gasteiger partial charge in [0.25, 0.3) is 0 Å². The molecule has 2 atom stereocenters. The quantitative estimate of drug-likeness (QED) is 0.758. The van der Waals surface area contributed by atoms with Gasteiger partial charge in [-0.05, 0) is 30.5 Å². The Morgan fingerprint density at radius 1 is 1.39 bits per heavy atom. The van der Waals surface area contributed by atoms with Crippen molar-refractivity contribution in [2.45, 2.75) is 19.1 Å². The number of rotatable bonds is 6. The Morgan fingerprint density at radius 3 is 2.83 bits per heavy atom. The monoisotopic (exact) mass is 338 g/mol. The zero-order valence-electron chi connectivity index (χ0n) is 12.9. The van der Waals surface area contributed by atoms with Gasteiger partial charge in [0.1, 0.15) is 17.7 Å². The van der Waals surface area contributed by atoms with Crippen molar-refractivity contribution in [1.82, 2.24) is 10.6 Å². The first-order chi connectivity index (χ1) is 11.0. The number of carbonyl (C=O) groups excluding carboxylic acids is 1. The van der Waals surface area contributed by atoms with E-state index in [2.05, 4.69) is 10.6 Å². The molecule has 7 heteroatoms. The molecule has 0 aliphatic heterocycles. The van der Waals surface area contributed by atoms with Gasteiger partial charge in [-0.1, -0.05) is 12.1 Å². The van der Waals surface area contributed by atoms with Crippen molar-refractivity contribution < 1.29 is 19.0 Å². The predicted octanol–water partition coefficient (Wildman–Crippen LogP) is 2.99. The Bertz CT molecular complexity index is 649. The highest BCUT2D eigenvalue weighted by molar-refractivity contribution is 7.10. The summed E-state index contributed by atoms with van der Waals surface area (Å²) in [4.78, 5) is 12.7. The molecule has 0 radical (unpaired) electrons. The van der Waals surface area contributed by atoms with Gasteiger partial charge in [-0.2, -0.15) is 0 Å². The number of amides is 2. The molecule has 0 saturated carbocycles. The fourth-order valence-electron chi connectivity index (χ4n) is 2.21. The van der Waals surface area contributed by atoms with Gasteiger partial charge < -0.3 is 20.5 Å². The molecular weight excluding hydrogens is 319 g/mol. The largest absolute Gasteiger partial charge is 0.496 e. The molecule has 1 heterocycles. The van der Waals surface area contributed by atoms with Crippen LogP contribution < -0.4 is 15.4 Å². The normalized spacial score (nSPS) is 13.2. The Labute approximate surface area is 138 Å². The number of benzene rings is 1. The summed E-state index contributed by atoms with van der Waals surface area (Å²) in [6.45, 7) is 1.74. The lowest BCUT2D eigenvalue weighted by Crippen LogP contribution is -2.39. The van der Waals surface area contributed by atoms with Crippen molar-refractivity contribution in [2.75, 3.05) is 13.7 Å². The topological polar surface area (TPSA) is 70.6 Å². The van der Waals surface area contributed by atoms with Crippen molar-refractivity contribution in [3.8, 4) is 5.75 Å². The molecular formula is C16H19FN2O3S. The number of hydrogen-bond donors (Lipinski definition) is 3. The van der Waals surface area contributed by atoms with E-state index in [9.17, 15) is 14.3 Å². The Morgan fingerprint density at radius 2 is 2.17 bits per heavy atom. The molecule has 0 aliphatic carbocycles. The van der Waals surface area contributed by atoms with Crippen molar-refractivity contribution in [2.24, 2.45) is 0 Å². The smallest absolute Gasteiger partial charge is 0.315 e. The number of urea groups is 1. The van der Waals surface area contributed by atoms with Gasteiger partial charge in [0.2, 0.25) is 0 Å². The summed E-state index contributed by atoms with van der Waals surface area (Å²) in [5.74, 6) is -0.0767. The van der Waals surface area contributed by atoms with Gasteiger partial charge in [0.05, 0.1) is 25.3 Å². The molecule has 2 amide bonds. The summed E-state index contributed by atoms with van der Waals surface area (Å²) in [5, 5.41) is 17.0. The van der Waals surface area contributed by atoms with E-state index in [0.717, 1.165) is 4.88 Å². The van der Waals surface area contributed by atoms with Crippen LogP contribution in [0.2, 0.25) is 0 Å². The van der Waals surface area contributed by atoms with Crippen LogP contribution in [0.5, 0.6) is 5.75 Å². The van der Waals surface area contributed by atoms with Gasteiger partial charge in [0.15, 0.2) is 0 Å². The van der Waals surface area contributed by atoms with Crippen molar-refractivity contribution in [3.63, 3.8) is 0 Å². The molecule has 2 rings (SSSR count). The number of halogens is 1. The maximum atomic E-state index is 13.9. The van der Waals surface area contributed by atoms with E-state index < -0.39 is 24.0 Å². The van der Waals surface area contributed by atoms with E-state index in [1.807, 2.05) is 11.4 Å². The third kappa shape index (κ3) is 4.43. The second-order valence-corrected chi connectivity index (χ2v) is 5.94. The van der Waals surface area contributed by atoms with Crippen molar-refractivity contribution in [1.29, 1.82) is 0 Å². The van der Waals surface area contributed by atoms with Crippen LogP contribution >= 0.6 is 11.3 Å². The highest BCUT2D eigenvalue weighted by Gasteiger charge is 2.19. The van der Waals surface area contributed by atoms with E-state index in [1.54, 1.807) is 25.1 Å². The molecule has 2 aromatic rings. The van der Waals surface area contributed by atoms with E-state index >= 15 is 0 Å². The standard InChI is InChI=1S/C16H19FN2O3S/c1-10(15-11(17)5-3-6-13(15)22-2)19-16(21)18-9-12(20)14-7-4-8-23-14/h3-8,10,12,20H,9H2,1-2H3,(H2,18,19,21)/t10-,12+/m0/s1. The molecule has 0 aliphatic rings. The van der Waals surface area contributed by atoms with Gasteiger partial charge in [-0.25, -0.2) is 9.18 Å². The molecule has 1 aromatic heterocycles. The lowest BCUT2D eigenvalue weighted by atomic mass is 10.1. The first-order valence-corrected chi connectivity index (χ1v) is 7.99. The molecule has 1 aromatic carbocycles. The average molecular weight is 338 g/mol. The minimum Gasteiger partial charge on any atom is -0.496 e. The number of aliphatic hydroxyl groups excluding tert-OH is 1. The molecule has 3 N–H and O–H groups in total. The molecule has 0 bridgehead atoms. The van der Waals surface area contributed by atoms with Crippen LogP contribution in [0.15, 0.2) is 35.7 Å². The van der Waals surface area contributed by atoms with E-state index in [-0.39, 0.29) is 12.1 Å². The minimum atomic E-state index is -0.765. The maximum Gasteiger partial charge on any atom is 0.315 e. The number of thiophene rings is 1. The molecule has 0 saturated heterocycles. The molecule has 23 heavy (non-hydrogen) atoms. The number of nitrogens with one attached hydrogen (secondary N) is 2. The van der Waals surface area contributed by atoms with E-state index in [4.69, 9.17) is 4.74 Å². The summed E-state index contributed by atoms with van der Waals surface area (Å²) in [7, 11) is 1.45. The lowest BCUT2D eigenvalue weighted by Gasteiger charge is -2.19. The Balaban J connectivity index is 1.92. The summed E-state index contributed by atoms with van der Waals surface area (Å²) >= 11 is 1.41. The van der Waals surface area contributed by atoms with Gasteiger partial charge in [0, 0.05) is 4.88 Å². The molecule has 5 nitrogen and oxygen atoms in total. The average Bonchev–Trinajstić information content (AvgIpc) is 3.06. The number of methoxy groups -OCH3 is 1. The second kappa shape index (κ2) is 7.94. The van der Waals surface area contributed by atoms with Gasteiger partial charge in [-0.15, -0.1) is 11.3 Å². The third-order valence-corrected chi connectivity index (χ3v) is 4.31. The molecule has 0 fully saturated rings. The molecule has 0 unspecified atom stereocenters. The van der Waals surface area contributed by atoms with Crippen LogP contribution in [0.25, 0.3) is 0 Å². The van der Waals surface area contributed by atoms with Gasteiger partial charge >= 0.3 is 6.03 Å². The van der Waals surface area contributed by atoms with Gasteiger partial charge in [-0.3, -0.25) is 0 Å². The zero-order chi connectivity index (χ0) is 16.8. The summed E-state index contributed by atoms with van der Waals surface area (Å²) < 4.78 is 19.1. The summed E-state index contributed by atoms with van der Waals surface area (Å²) in [5.41, 5.74) is 0.281. The number of hydrogen-bond acceptors (Lipinski definition) is 4. The van der Waals surface area contributed by atoms with Crippen LogP contribution in [0, 0.1) is 5.82 Å². The van der Waals surface area contributed by atoms with Crippen LogP contribution in [0.1, 0.15) is 29.5 Å². The fraction of sp³-hybridized carbons (Fsp3) is 0.312. The first kappa shape index (κ1) is 17.2. The number of aliphatic hydroxyl groups is 1. The Kier molecular flexibility index (Phi) is 5.95. The highest BCUT2D eigenvalue weighted by atomic mass is 32.1. The third-order valence-electron chi connectivity index (χ3n) is 3.34. The van der Waals surface area contributed by atoms with Crippen LogP contribution in [0.4, 0.5) is 9.18 Å². The molecule has 0 spiro atoms. The van der Waals surface area contributed by atoms with Crippen molar-refractivity contribution in [3.05, 3.63) is 52.0 Å². The highest BCUT2D eigenvalue weighted by Crippen LogP contribution is 2.27. The summed E-state index contributed by atoms with van der Waals surface area (Å²) in [6.07, 6.45) is -0.765. The number of ether oxygens (including phenoxy) is 1. The second-order valence-electron chi connectivity index (χ2n) is 4.96. The predicted molar refractivity (Wildman–Crippen MR) is 87.2 cm³/mol. The van der Waals surface area contributed by atoms with Crippen LogP contribution in [-0.2, 0) is 0 Å². The SMILES string of the molecule is COc1cccc(F)c1[C@H](C)NC(=O)NC[C@@H](O)c1cccs1. The molecule has 124 valence electrons. The van der Waals surface area contributed by atoms with E-state index in [1.165, 1.54) is 24.5 Å². The fourth-order valence-corrected chi connectivity index (χ4v) is 2.92. The zero-order valence-corrected chi connectivity index (χ0v) is 13.7. The first-order valence-electron chi connectivity index (χ1n) is 7.11. The lowest BCUT2D eigenvalue weighted by molar-refractivity contribution is 0.176. The minimum absolute atomic E-state index is 0.0769. The van der Waals surface area contributed by atoms with E-state index in [0.29, 0.717) is 5.75 Å². The Hall–Kier alpha value is -2.12. The van der Waals surface area contributed by atoms with Crippen LogP contribution in [-0.4, -0.2) is 24.8 Å².